The fourth-order valence-corrected chi connectivity index (χ4v) is 4.86. The van der Waals surface area contributed by atoms with Gasteiger partial charge in [0.15, 0.2) is 0 Å². The van der Waals surface area contributed by atoms with E-state index in [1.54, 1.807) is 14.0 Å². The maximum absolute atomic E-state index is 11.8. The average molecular weight is 561 g/mol. The minimum Gasteiger partial charge on any atom is -0.496 e. The van der Waals surface area contributed by atoms with Gasteiger partial charge in [-0.1, -0.05) is 12.1 Å². The second-order valence-corrected chi connectivity index (χ2v) is 12.0. The van der Waals surface area contributed by atoms with Crippen LogP contribution in [0.25, 0.3) is 0 Å². The van der Waals surface area contributed by atoms with Crippen LogP contribution in [0.1, 0.15) is 63.3 Å². The van der Waals surface area contributed by atoms with Gasteiger partial charge in [-0.15, -0.1) is 23.2 Å². The number of alkyl halides is 2. The van der Waals surface area contributed by atoms with E-state index in [0.29, 0.717) is 19.0 Å². The highest BCUT2D eigenvalue weighted by atomic mass is 35.5. The molecule has 0 bridgehead atoms. The Bertz CT molecular complexity index is 868. The standard InChI is InChI=1S/C25H39N3O5.C2H4Cl2/c1-17-6-7-19-20(23(17)31-5)14-21(32-22(19)15-26-16-29)18-8-11-28(12-9-18)13-10-27-24(30)33-25(2,3)4;1-2(3)4/h6-7,16,18,21-22H,8-15H2,1-5H3,(H,26,29)(H,27,30);2H,1H3/t21-,22-;/m0./s1. The number of hydrogen-bond acceptors (Lipinski definition) is 6. The highest BCUT2D eigenvalue weighted by molar-refractivity contribution is 6.43. The third kappa shape index (κ3) is 10.5. The molecule has 8 nitrogen and oxygen atoms in total. The number of benzene rings is 1. The van der Waals surface area contributed by atoms with E-state index in [9.17, 15) is 9.59 Å². The van der Waals surface area contributed by atoms with Gasteiger partial charge >= 0.3 is 6.09 Å². The molecule has 0 aromatic heterocycles. The number of alkyl carbamates (subject to hydrolysis) is 1. The van der Waals surface area contributed by atoms with Crippen molar-refractivity contribution in [2.75, 3.05) is 39.8 Å². The zero-order valence-corrected chi connectivity index (χ0v) is 24.5. The fourth-order valence-electron chi connectivity index (χ4n) is 4.86. The molecule has 0 unspecified atom stereocenters. The lowest BCUT2D eigenvalue weighted by Gasteiger charge is -2.41. The Morgan fingerprint density at radius 3 is 2.49 bits per heavy atom. The second-order valence-electron chi connectivity index (χ2n) is 10.5. The Labute approximate surface area is 231 Å². The SMILES string of the molecule is CC(Cl)Cl.COc1c(C)ccc2c1C[C@@H](C1CCN(CCNC(=O)OC(C)(C)C)CC1)O[C@H]2CNC=O. The highest BCUT2D eigenvalue weighted by Crippen LogP contribution is 2.40. The summed E-state index contributed by atoms with van der Waals surface area (Å²) in [5.74, 6) is 1.37. The van der Waals surface area contributed by atoms with Crippen LogP contribution >= 0.6 is 23.2 Å². The van der Waals surface area contributed by atoms with Crippen molar-refractivity contribution < 1.29 is 23.8 Å². The number of aryl methyl sites for hydroxylation is 1. The van der Waals surface area contributed by atoms with Crippen LogP contribution in [0, 0.1) is 12.8 Å². The molecule has 0 radical (unpaired) electrons. The molecule has 10 heteroatoms. The summed E-state index contributed by atoms with van der Waals surface area (Å²) in [7, 11) is 1.72. The number of fused-ring (bicyclic) bond motifs is 1. The van der Waals surface area contributed by atoms with Gasteiger partial charge < -0.3 is 29.7 Å². The van der Waals surface area contributed by atoms with Gasteiger partial charge in [-0.2, -0.15) is 0 Å². The predicted molar refractivity (Wildman–Crippen MR) is 148 cm³/mol. The Kier molecular flexibility index (Phi) is 12.8. The van der Waals surface area contributed by atoms with Gasteiger partial charge in [0.2, 0.25) is 6.41 Å². The number of piperidine rings is 1. The highest BCUT2D eigenvalue weighted by Gasteiger charge is 2.36. The number of carbonyl (C=O) groups excluding carboxylic acids is 2. The van der Waals surface area contributed by atoms with E-state index in [-0.39, 0.29) is 23.1 Å². The van der Waals surface area contributed by atoms with Gasteiger partial charge in [0, 0.05) is 31.6 Å². The van der Waals surface area contributed by atoms with Crippen LogP contribution in [-0.2, 0) is 20.7 Å². The molecule has 2 heterocycles. The Morgan fingerprint density at radius 2 is 1.92 bits per heavy atom. The summed E-state index contributed by atoms with van der Waals surface area (Å²) in [4.78, 5) is 24.9. The summed E-state index contributed by atoms with van der Waals surface area (Å²) in [6.45, 7) is 13.1. The van der Waals surface area contributed by atoms with Gasteiger partial charge in [-0.3, -0.25) is 4.79 Å². The summed E-state index contributed by atoms with van der Waals surface area (Å²) in [5, 5.41) is 5.63. The van der Waals surface area contributed by atoms with E-state index < -0.39 is 5.60 Å². The number of hydrogen-bond donors (Lipinski definition) is 2. The summed E-state index contributed by atoms with van der Waals surface area (Å²) in [5.41, 5.74) is 2.94. The monoisotopic (exact) mass is 559 g/mol. The third-order valence-corrected chi connectivity index (χ3v) is 6.43. The molecule has 0 saturated carbocycles. The largest absolute Gasteiger partial charge is 0.496 e. The Hall–Kier alpha value is -1.74. The van der Waals surface area contributed by atoms with Crippen LogP contribution < -0.4 is 15.4 Å². The fraction of sp³-hybridized carbons (Fsp3) is 0.704. The normalized spacial score (nSPS) is 20.4. The van der Waals surface area contributed by atoms with Crippen molar-refractivity contribution in [2.45, 2.75) is 76.5 Å². The predicted octanol–water partition coefficient (Wildman–Crippen LogP) is 4.78. The van der Waals surface area contributed by atoms with Gasteiger partial charge in [0.05, 0.1) is 13.2 Å². The number of ether oxygens (including phenoxy) is 3. The van der Waals surface area contributed by atoms with Crippen LogP contribution in [0.15, 0.2) is 12.1 Å². The molecule has 2 aliphatic rings. The first kappa shape index (κ1) is 31.5. The van der Waals surface area contributed by atoms with E-state index in [1.807, 2.05) is 20.8 Å². The van der Waals surface area contributed by atoms with Crippen molar-refractivity contribution in [3.63, 3.8) is 0 Å². The van der Waals surface area contributed by atoms with Crippen molar-refractivity contribution in [2.24, 2.45) is 5.92 Å². The summed E-state index contributed by atoms with van der Waals surface area (Å²) in [6.07, 6.45) is 3.17. The first-order valence-electron chi connectivity index (χ1n) is 12.9. The lowest BCUT2D eigenvalue weighted by molar-refractivity contribution is -0.111. The van der Waals surface area contributed by atoms with Gasteiger partial charge in [0.1, 0.15) is 22.3 Å². The molecular formula is C27H43Cl2N3O5. The number of halogens is 2. The smallest absolute Gasteiger partial charge is 0.407 e. The Morgan fingerprint density at radius 1 is 1.27 bits per heavy atom. The minimum atomic E-state index is -0.485. The molecular weight excluding hydrogens is 517 g/mol. The van der Waals surface area contributed by atoms with E-state index >= 15 is 0 Å². The van der Waals surface area contributed by atoms with Crippen LogP contribution in [0.3, 0.4) is 0 Å². The maximum atomic E-state index is 11.8. The van der Waals surface area contributed by atoms with E-state index in [1.165, 1.54) is 5.56 Å². The zero-order valence-electron chi connectivity index (χ0n) is 22.9. The number of likely N-dealkylation sites (tertiary alicyclic amines) is 1. The molecule has 2 N–H and O–H groups in total. The van der Waals surface area contributed by atoms with Crippen LogP contribution in [0.5, 0.6) is 5.75 Å². The van der Waals surface area contributed by atoms with Crippen molar-refractivity contribution in [1.82, 2.24) is 15.5 Å². The molecule has 1 fully saturated rings. The molecule has 1 aromatic carbocycles. The summed E-state index contributed by atoms with van der Waals surface area (Å²) >= 11 is 10.1. The third-order valence-electron chi connectivity index (χ3n) is 6.43. The van der Waals surface area contributed by atoms with E-state index in [2.05, 4.69) is 34.6 Å². The quantitative estimate of drug-likeness (QED) is 0.352. The summed E-state index contributed by atoms with van der Waals surface area (Å²) in [6, 6.07) is 4.15. The average Bonchev–Trinajstić information content (AvgIpc) is 2.81. The molecule has 0 spiro atoms. The Balaban J connectivity index is 0.00000112. The minimum absolute atomic E-state index is 0.0914. The topological polar surface area (TPSA) is 89.1 Å². The molecule has 3 rings (SSSR count). The van der Waals surface area contributed by atoms with Crippen LogP contribution in [0.2, 0.25) is 0 Å². The molecule has 2 atom stereocenters. The van der Waals surface area contributed by atoms with Gasteiger partial charge in [-0.25, -0.2) is 4.79 Å². The number of rotatable bonds is 8. The van der Waals surface area contributed by atoms with Gasteiger partial charge in [0.25, 0.3) is 0 Å². The van der Waals surface area contributed by atoms with Crippen LogP contribution in [0.4, 0.5) is 4.79 Å². The lowest BCUT2D eigenvalue weighted by atomic mass is 9.83. The first-order valence-corrected chi connectivity index (χ1v) is 13.8. The summed E-state index contributed by atoms with van der Waals surface area (Å²) < 4.78 is 17.6. The van der Waals surface area contributed by atoms with Crippen molar-refractivity contribution in [1.29, 1.82) is 0 Å². The maximum Gasteiger partial charge on any atom is 0.407 e. The van der Waals surface area contributed by atoms with Crippen molar-refractivity contribution in [3.05, 3.63) is 28.8 Å². The molecule has 210 valence electrons. The molecule has 2 aliphatic heterocycles. The number of nitrogens with one attached hydrogen (secondary N) is 2. The number of nitrogens with zero attached hydrogens (tertiary/aromatic N) is 1. The first-order chi connectivity index (χ1) is 17.4. The molecule has 37 heavy (non-hydrogen) atoms. The number of carbonyl (C=O) groups is 2. The van der Waals surface area contributed by atoms with Crippen molar-refractivity contribution in [3.8, 4) is 5.75 Å². The van der Waals surface area contributed by atoms with Gasteiger partial charge in [-0.05, 0) is 77.6 Å². The molecule has 1 saturated heterocycles. The molecule has 1 aromatic rings. The van der Waals surface area contributed by atoms with Crippen LogP contribution in [-0.4, -0.2) is 73.8 Å². The molecule has 0 aliphatic carbocycles. The number of amides is 2. The lowest BCUT2D eigenvalue weighted by Crippen LogP contribution is -2.44. The number of methoxy groups -OCH3 is 1. The van der Waals surface area contributed by atoms with E-state index in [4.69, 9.17) is 37.4 Å². The van der Waals surface area contributed by atoms with Crippen molar-refractivity contribution >= 4 is 35.7 Å². The van der Waals surface area contributed by atoms with E-state index in [0.717, 1.165) is 62.2 Å². The zero-order chi connectivity index (χ0) is 27.6. The molecule has 2 amide bonds. The second kappa shape index (κ2) is 15.0.